The lowest BCUT2D eigenvalue weighted by atomic mass is 10.2. The van der Waals surface area contributed by atoms with Gasteiger partial charge in [-0.15, -0.1) is 23.2 Å². The van der Waals surface area contributed by atoms with Crippen LogP contribution in [0.1, 0.15) is 12.0 Å². The maximum atomic E-state index is 13.3. The summed E-state index contributed by atoms with van der Waals surface area (Å²) < 4.78 is 12.3. The highest BCUT2D eigenvalue weighted by Gasteiger charge is 2.56. The average molecular weight is 262 g/mol. The molecule has 1 aliphatic rings. The summed E-state index contributed by atoms with van der Waals surface area (Å²) in [4.78, 5) is 11.6. The molecule has 2 nitrogen and oxygen atoms in total. The van der Waals surface area contributed by atoms with E-state index in [1.165, 1.54) is 6.07 Å². The van der Waals surface area contributed by atoms with Crippen LogP contribution >= 0.6 is 23.2 Å². The number of hydrogen-bond donors (Lipinski definition) is 1. The Morgan fingerprint density at radius 1 is 1.56 bits per heavy atom. The molecule has 0 aliphatic heterocycles. The first-order valence-corrected chi connectivity index (χ1v) is 5.60. The van der Waals surface area contributed by atoms with Gasteiger partial charge in [-0.3, -0.25) is 4.79 Å². The summed E-state index contributed by atoms with van der Waals surface area (Å²) in [5.74, 6) is -1.25. The fourth-order valence-corrected chi connectivity index (χ4v) is 1.96. The number of rotatable bonds is 2. The molecule has 0 spiro atoms. The van der Waals surface area contributed by atoms with Crippen molar-refractivity contribution in [3.8, 4) is 0 Å². The van der Waals surface area contributed by atoms with Crippen LogP contribution in [0, 0.1) is 18.7 Å². The van der Waals surface area contributed by atoms with Gasteiger partial charge in [0.05, 0.1) is 11.6 Å². The van der Waals surface area contributed by atoms with Gasteiger partial charge in [0.1, 0.15) is 10.2 Å². The Morgan fingerprint density at radius 2 is 2.19 bits per heavy atom. The highest BCUT2D eigenvalue weighted by Crippen LogP contribution is 2.53. The van der Waals surface area contributed by atoms with Crippen molar-refractivity contribution in [1.82, 2.24) is 0 Å². The zero-order chi connectivity index (χ0) is 11.9. The number of amides is 1. The molecule has 0 saturated heterocycles. The first-order valence-electron chi connectivity index (χ1n) is 4.85. The van der Waals surface area contributed by atoms with E-state index in [2.05, 4.69) is 5.32 Å². The van der Waals surface area contributed by atoms with Crippen LogP contribution in [0.4, 0.5) is 10.1 Å². The molecule has 1 aromatic carbocycles. The molecular formula is C11H10Cl2FNO. The third-order valence-corrected chi connectivity index (χ3v) is 3.36. The number of alkyl halides is 2. The Balaban J connectivity index is 2.10. The molecule has 1 amide bonds. The van der Waals surface area contributed by atoms with Crippen molar-refractivity contribution in [1.29, 1.82) is 0 Å². The summed E-state index contributed by atoms with van der Waals surface area (Å²) in [5, 5.41) is 2.49. The van der Waals surface area contributed by atoms with Crippen molar-refractivity contribution in [2.24, 2.45) is 5.92 Å². The second-order valence-corrected chi connectivity index (χ2v) is 5.53. The molecule has 16 heavy (non-hydrogen) atoms. The van der Waals surface area contributed by atoms with E-state index in [0.29, 0.717) is 6.42 Å². The van der Waals surface area contributed by atoms with E-state index in [1.807, 2.05) is 6.92 Å². The molecule has 1 unspecified atom stereocenters. The van der Waals surface area contributed by atoms with Crippen LogP contribution in [0.2, 0.25) is 0 Å². The Morgan fingerprint density at radius 3 is 2.75 bits per heavy atom. The Bertz CT molecular complexity index is 448. The van der Waals surface area contributed by atoms with Crippen molar-refractivity contribution >= 4 is 34.8 Å². The highest BCUT2D eigenvalue weighted by molar-refractivity contribution is 6.52. The van der Waals surface area contributed by atoms with E-state index >= 15 is 0 Å². The monoisotopic (exact) mass is 261 g/mol. The molecule has 1 saturated carbocycles. The number of carbonyl (C=O) groups is 1. The van der Waals surface area contributed by atoms with Crippen LogP contribution < -0.4 is 5.32 Å². The highest BCUT2D eigenvalue weighted by atomic mass is 35.5. The number of halogens is 3. The number of hydrogen-bond acceptors (Lipinski definition) is 1. The fraction of sp³-hybridized carbons (Fsp3) is 0.364. The number of aryl methyl sites for hydroxylation is 1. The predicted octanol–water partition coefficient (Wildman–Crippen LogP) is 3.27. The van der Waals surface area contributed by atoms with E-state index in [9.17, 15) is 9.18 Å². The predicted molar refractivity (Wildman–Crippen MR) is 62.3 cm³/mol. The molecule has 0 heterocycles. The Labute approximate surface area is 103 Å². The summed E-state index contributed by atoms with van der Waals surface area (Å²) in [5.41, 5.74) is 1.04. The van der Waals surface area contributed by atoms with Crippen LogP contribution in [0.5, 0.6) is 0 Å². The van der Waals surface area contributed by atoms with E-state index in [-0.39, 0.29) is 11.6 Å². The Hall–Kier alpha value is -0.800. The zero-order valence-corrected chi connectivity index (χ0v) is 10.1. The van der Waals surface area contributed by atoms with Crippen molar-refractivity contribution in [3.05, 3.63) is 29.6 Å². The lowest BCUT2D eigenvalue weighted by Gasteiger charge is -2.07. The third-order valence-electron chi connectivity index (χ3n) is 2.52. The molecule has 2 rings (SSSR count). The maximum absolute atomic E-state index is 13.3. The zero-order valence-electron chi connectivity index (χ0n) is 8.56. The number of anilines is 1. The fourth-order valence-electron chi connectivity index (χ4n) is 1.45. The van der Waals surface area contributed by atoms with Gasteiger partial charge in [-0.25, -0.2) is 4.39 Å². The summed E-state index contributed by atoms with van der Waals surface area (Å²) in [7, 11) is 0. The van der Waals surface area contributed by atoms with Crippen LogP contribution in [0.25, 0.3) is 0 Å². The van der Waals surface area contributed by atoms with Gasteiger partial charge >= 0.3 is 0 Å². The van der Waals surface area contributed by atoms with Gasteiger partial charge in [0, 0.05) is 0 Å². The molecule has 1 aliphatic carbocycles. The van der Waals surface area contributed by atoms with E-state index in [1.54, 1.807) is 12.1 Å². The molecule has 0 radical (unpaired) electrons. The molecule has 1 aromatic rings. The van der Waals surface area contributed by atoms with Crippen molar-refractivity contribution in [2.45, 2.75) is 17.7 Å². The molecular weight excluding hydrogens is 252 g/mol. The second-order valence-electron chi connectivity index (χ2n) is 3.99. The van der Waals surface area contributed by atoms with E-state index < -0.39 is 16.1 Å². The molecule has 1 N–H and O–H groups in total. The SMILES string of the molecule is Cc1ccc(F)c(NC(=O)C2CC2(Cl)Cl)c1. The minimum absolute atomic E-state index is 0.168. The van der Waals surface area contributed by atoms with Crippen LogP contribution in [-0.4, -0.2) is 10.2 Å². The first kappa shape index (κ1) is 11.7. The first-order chi connectivity index (χ1) is 7.40. The van der Waals surface area contributed by atoms with Crippen LogP contribution in [-0.2, 0) is 4.79 Å². The van der Waals surface area contributed by atoms with Gasteiger partial charge < -0.3 is 5.32 Å². The summed E-state index contributed by atoms with van der Waals surface area (Å²) in [6.07, 6.45) is 0.412. The Kier molecular flexibility index (Phi) is 2.84. The van der Waals surface area contributed by atoms with E-state index in [4.69, 9.17) is 23.2 Å². The van der Waals surface area contributed by atoms with Gasteiger partial charge in [0.2, 0.25) is 5.91 Å². The quantitative estimate of drug-likeness (QED) is 0.814. The molecule has 1 fully saturated rings. The number of nitrogens with one attached hydrogen (secondary N) is 1. The summed E-state index contributed by atoms with van der Waals surface area (Å²) in [6.45, 7) is 1.82. The summed E-state index contributed by atoms with van der Waals surface area (Å²) in [6, 6.07) is 4.52. The lowest BCUT2D eigenvalue weighted by molar-refractivity contribution is -0.117. The van der Waals surface area contributed by atoms with Crippen LogP contribution in [0.15, 0.2) is 18.2 Å². The largest absolute Gasteiger partial charge is 0.323 e. The second kappa shape index (κ2) is 3.90. The maximum Gasteiger partial charge on any atom is 0.230 e. The van der Waals surface area contributed by atoms with Crippen molar-refractivity contribution < 1.29 is 9.18 Å². The molecule has 86 valence electrons. The van der Waals surface area contributed by atoms with E-state index in [0.717, 1.165) is 5.56 Å². The normalized spacial score (nSPS) is 21.6. The number of benzene rings is 1. The smallest absolute Gasteiger partial charge is 0.230 e. The molecule has 1 atom stereocenters. The standard InChI is InChI=1S/C11H10Cl2FNO/c1-6-2-3-8(14)9(4-6)15-10(16)7-5-11(7,12)13/h2-4,7H,5H2,1H3,(H,15,16). The lowest BCUT2D eigenvalue weighted by Crippen LogP contribution is -2.17. The van der Waals surface area contributed by atoms with Gasteiger partial charge in [-0.2, -0.15) is 0 Å². The molecule has 0 aromatic heterocycles. The average Bonchev–Trinajstić information content (AvgIpc) is 2.82. The molecule has 5 heteroatoms. The molecule has 0 bridgehead atoms. The van der Waals surface area contributed by atoms with Gasteiger partial charge in [0.25, 0.3) is 0 Å². The topological polar surface area (TPSA) is 29.1 Å². The van der Waals surface area contributed by atoms with Gasteiger partial charge in [0.15, 0.2) is 0 Å². The minimum atomic E-state index is -0.982. The van der Waals surface area contributed by atoms with Gasteiger partial charge in [-0.05, 0) is 31.0 Å². The van der Waals surface area contributed by atoms with Crippen molar-refractivity contribution in [3.63, 3.8) is 0 Å². The summed E-state index contributed by atoms with van der Waals surface area (Å²) >= 11 is 11.5. The minimum Gasteiger partial charge on any atom is -0.323 e. The van der Waals surface area contributed by atoms with Gasteiger partial charge in [-0.1, -0.05) is 6.07 Å². The number of carbonyl (C=O) groups excluding carboxylic acids is 1. The van der Waals surface area contributed by atoms with Crippen LogP contribution in [0.3, 0.4) is 0 Å². The third kappa shape index (κ3) is 2.30. The van der Waals surface area contributed by atoms with Crippen molar-refractivity contribution in [2.75, 3.05) is 5.32 Å².